The number of alkyl halides is 3. The predicted molar refractivity (Wildman–Crippen MR) is 122 cm³/mol. The summed E-state index contributed by atoms with van der Waals surface area (Å²) in [5, 5.41) is 0.550. The molecule has 0 heterocycles. The van der Waals surface area contributed by atoms with Crippen molar-refractivity contribution in [2.24, 2.45) is 0 Å². The van der Waals surface area contributed by atoms with Crippen LogP contribution in [0, 0.1) is 0 Å². The summed E-state index contributed by atoms with van der Waals surface area (Å²) in [6.45, 7) is 13.7. The number of aldehydes is 1. The Balaban J connectivity index is -0.000000188. The van der Waals surface area contributed by atoms with Gasteiger partial charge >= 0.3 is 6.18 Å². The molecule has 0 N–H and O–H groups in total. The largest absolute Gasteiger partial charge is 0.389 e. The van der Waals surface area contributed by atoms with E-state index in [-0.39, 0.29) is 12.2 Å². The predicted octanol–water partition coefficient (Wildman–Crippen LogP) is 7.69. The molecule has 0 radical (unpaired) electrons. The molecule has 0 aliphatic rings. The zero-order valence-electron chi connectivity index (χ0n) is 18.4. The number of thioether (sulfide) groups is 1. The maximum atomic E-state index is 11.8. The van der Waals surface area contributed by atoms with Crippen LogP contribution in [0.5, 0.6) is 0 Å². The van der Waals surface area contributed by atoms with Gasteiger partial charge in [0.25, 0.3) is 0 Å². The van der Waals surface area contributed by atoms with Crippen LogP contribution in [0.15, 0.2) is 52.4 Å². The van der Waals surface area contributed by atoms with Gasteiger partial charge in [0.05, 0.1) is 0 Å². The zero-order chi connectivity index (χ0) is 24.8. The second-order valence-electron chi connectivity index (χ2n) is 5.23. The molecule has 1 rings (SSSR count). The maximum Gasteiger partial charge on any atom is 0.389 e. The van der Waals surface area contributed by atoms with Crippen molar-refractivity contribution < 1.29 is 27.6 Å². The fourth-order valence-electron chi connectivity index (χ4n) is 1.40. The molecule has 172 valence electrons. The number of Topliss-reactive ketones (excluding diaryl/α,β-unsaturated/α-hetero) is 1. The van der Waals surface area contributed by atoms with Gasteiger partial charge in [-0.25, -0.2) is 0 Å². The highest BCUT2D eigenvalue weighted by atomic mass is 35.5. The highest BCUT2D eigenvalue weighted by Crippen LogP contribution is 2.20. The number of halogens is 4. The van der Waals surface area contributed by atoms with Gasteiger partial charge in [0.15, 0.2) is 5.78 Å². The van der Waals surface area contributed by atoms with E-state index in [2.05, 4.69) is 6.58 Å². The van der Waals surface area contributed by atoms with Crippen LogP contribution < -0.4 is 0 Å². The summed E-state index contributed by atoms with van der Waals surface area (Å²) >= 11 is 7.44. The molecule has 0 saturated heterocycles. The van der Waals surface area contributed by atoms with Gasteiger partial charge in [-0.1, -0.05) is 24.6 Å². The van der Waals surface area contributed by atoms with Gasteiger partial charge in [-0.3, -0.25) is 4.79 Å². The van der Waals surface area contributed by atoms with Crippen molar-refractivity contribution in [2.75, 3.05) is 6.26 Å². The molecule has 0 atom stereocenters. The second-order valence-corrected chi connectivity index (χ2v) is 6.67. The Morgan fingerprint density at radius 2 is 1.50 bits per heavy atom. The molecule has 0 bridgehead atoms. The minimum atomic E-state index is -3.95. The number of carbonyl (C=O) groups is 3. The van der Waals surface area contributed by atoms with E-state index in [9.17, 15) is 18.0 Å². The molecular formula is C22H32ClF3O3S. The van der Waals surface area contributed by atoms with Crippen molar-refractivity contribution >= 4 is 42.2 Å². The summed E-state index contributed by atoms with van der Waals surface area (Å²) in [4.78, 5) is 29.8. The fourth-order valence-corrected chi connectivity index (χ4v) is 1.89. The highest BCUT2D eigenvalue weighted by Gasteiger charge is 2.24. The van der Waals surface area contributed by atoms with E-state index in [0.29, 0.717) is 16.2 Å². The molecule has 0 fully saturated rings. The molecule has 30 heavy (non-hydrogen) atoms. The molecule has 0 aromatic heterocycles. The number of ketones is 1. The van der Waals surface area contributed by atoms with Crippen LogP contribution in [0.3, 0.4) is 0 Å². The molecular weight excluding hydrogens is 437 g/mol. The van der Waals surface area contributed by atoms with Crippen LogP contribution >= 0.6 is 23.4 Å². The Hall–Kier alpha value is -1.86. The average Bonchev–Trinajstić information content (AvgIpc) is 2.69. The number of hydrogen-bond donors (Lipinski definition) is 0. The van der Waals surface area contributed by atoms with Crippen molar-refractivity contribution in [2.45, 2.75) is 58.5 Å². The van der Waals surface area contributed by atoms with Gasteiger partial charge in [-0.05, 0) is 64.6 Å². The van der Waals surface area contributed by atoms with Crippen molar-refractivity contribution in [1.29, 1.82) is 0 Å². The van der Waals surface area contributed by atoms with Crippen LogP contribution in [0.4, 0.5) is 13.2 Å². The number of benzene rings is 1. The molecule has 0 spiro atoms. The van der Waals surface area contributed by atoms with E-state index in [1.54, 1.807) is 31.7 Å². The van der Waals surface area contributed by atoms with Gasteiger partial charge in [0.2, 0.25) is 0 Å². The number of rotatable bonds is 4. The van der Waals surface area contributed by atoms with E-state index >= 15 is 0 Å². The van der Waals surface area contributed by atoms with Gasteiger partial charge in [0, 0.05) is 27.5 Å². The number of allylic oxidation sites excluding steroid dienone is 3. The zero-order valence-corrected chi connectivity index (χ0v) is 20.0. The average molecular weight is 469 g/mol. The monoisotopic (exact) mass is 468 g/mol. The van der Waals surface area contributed by atoms with Crippen LogP contribution in [-0.4, -0.2) is 31.3 Å². The first kappa shape index (κ1) is 35.6. The summed E-state index contributed by atoms with van der Waals surface area (Å²) < 4.78 is 33.2. The maximum absolute atomic E-state index is 11.8. The van der Waals surface area contributed by atoms with Crippen molar-refractivity contribution in [3.8, 4) is 0 Å². The van der Waals surface area contributed by atoms with Crippen LogP contribution in [-0.2, 0) is 9.59 Å². The summed E-state index contributed by atoms with van der Waals surface area (Å²) in [6.07, 6.45) is 0.0795. The first-order chi connectivity index (χ1) is 13.9. The Morgan fingerprint density at radius 1 is 1.13 bits per heavy atom. The van der Waals surface area contributed by atoms with Gasteiger partial charge in [-0.15, -0.1) is 18.3 Å². The standard InChI is InChI=1S/C12H13ClOS.C4H7F3.C3H6.C2H4O.CH2O/c1-8(9(2)13)12(14)10-4-6-11(15-3)7-5-10;1-2-3-4(5,6)7;1-3-2;1-2-3;1-2/h4-7H,1-3H3;2-3H2,1H3;3H,1H2,2H3;2H,1H3;1H2/b9-8-;;;;. The molecule has 0 aliphatic heterocycles. The lowest BCUT2D eigenvalue weighted by Gasteiger charge is -2.03. The Kier molecular flexibility index (Phi) is 27.8. The number of hydrogen-bond acceptors (Lipinski definition) is 4. The van der Waals surface area contributed by atoms with Gasteiger partial charge in [-0.2, -0.15) is 13.2 Å². The lowest BCUT2D eigenvalue weighted by molar-refractivity contribution is -0.134. The van der Waals surface area contributed by atoms with E-state index in [0.717, 1.165) is 11.2 Å². The smallest absolute Gasteiger partial charge is 0.307 e. The van der Waals surface area contributed by atoms with Gasteiger partial charge < -0.3 is 9.59 Å². The molecule has 0 amide bonds. The summed E-state index contributed by atoms with van der Waals surface area (Å²) in [5.41, 5.74) is 1.29. The summed E-state index contributed by atoms with van der Waals surface area (Å²) in [5.74, 6) is -0.00449. The van der Waals surface area contributed by atoms with E-state index < -0.39 is 12.6 Å². The Bertz CT molecular complexity index is 603. The topological polar surface area (TPSA) is 51.2 Å². The summed E-state index contributed by atoms with van der Waals surface area (Å²) in [6, 6.07) is 7.54. The highest BCUT2D eigenvalue weighted by molar-refractivity contribution is 7.98. The number of carbonyl (C=O) groups excluding carboxylic acids is 3. The molecule has 0 saturated carbocycles. The van der Waals surface area contributed by atoms with E-state index in [1.807, 2.05) is 44.2 Å². The SMILES string of the molecule is C=CC.C=O.CC=O.CCCC(F)(F)F.CSc1ccc(C(=O)/C(C)=C(/C)Cl)cc1. The minimum Gasteiger partial charge on any atom is -0.307 e. The van der Waals surface area contributed by atoms with Crippen molar-refractivity contribution in [1.82, 2.24) is 0 Å². The van der Waals surface area contributed by atoms with Gasteiger partial charge in [0.1, 0.15) is 13.1 Å². The first-order valence-corrected chi connectivity index (χ1v) is 10.4. The first-order valence-electron chi connectivity index (χ1n) is 8.79. The normalized spacial score (nSPS) is 9.93. The third-order valence-corrected chi connectivity index (χ3v) is 3.77. The molecule has 1 aromatic rings. The third kappa shape index (κ3) is 24.2. The Labute approximate surface area is 187 Å². The molecule has 0 unspecified atom stereocenters. The van der Waals surface area contributed by atoms with Crippen LogP contribution in [0.25, 0.3) is 0 Å². The third-order valence-electron chi connectivity index (χ3n) is 2.74. The van der Waals surface area contributed by atoms with Crippen molar-refractivity contribution in [3.63, 3.8) is 0 Å². The quantitative estimate of drug-likeness (QED) is 0.149. The minimum absolute atomic E-state index is 0.00449. The van der Waals surface area contributed by atoms with Crippen molar-refractivity contribution in [3.05, 3.63) is 53.1 Å². The molecule has 8 heteroatoms. The molecule has 1 aromatic carbocycles. The van der Waals surface area contributed by atoms with E-state index in [4.69, 9.17) is 21.2 Å². The second kappa shape index (κ2) is 23.4. The molecule has 0 aliphatic carbocycles. The van der Waals surface area contributed by atoms with Crippen LogP contribution in [0.1, 0.15) is 57.8 Å². The molecule has 3 nitrogen and oxygen atoms in total. The lowest BCUT2D eigenvalue weighted by Crippen LogP contribution is -2.04. The lowest BCUT2D eigenvalue weighted by atomic mass is 10.1. The van der Waals surface area contributed by atoms with E-state index in [1.165, 1.54) is 13.8 Å². The fraction of sp³-hybridized carbons (Fsp3) is 0.409. The Morgan fingerprint density at radius 3 is 1.70 bits per heavy atom. The summed E-state index contributed by atoms with van der Waals surface area (Å²) in [7, 11) is 0. The van der Waals surface area contributed by atoms with Crippen LogP contribution in [0.2, 0.25) is 0 Å².